The van der Waals surface area contributed by atoms with E-state index in [2.05, 4.69) is 5.10 Å². The van der Waals surface area contributed by atoms with Gasteiger partial charge in [0, 0.05) is 31.3 Å². The van der Waals surface area contributed by atoms with Crippen molar-refractivity contribution < 1.29 is 59.0 Å². The molecule has 236 valence electrons. The topological polar surface area (TPSA) is 124 Å². The minimum absolute atomic E-state index is 0.0389. The van der Waals surface area contributed by atoms with Crippen LogP contribution in [0.1, 0.15) is 32.7 Å². The van der Waals surface area contributed by atoms with Gasteiger partial charge in [0.1, 0.15) is 17.9 Å². The number of anilines is 1. The molecule has 1 aliphatic heterocycles. The fraction of sp³-hybridized carbons (Fsp3) is 0.269. The number of halogens is 9. The maximum Gasteiger partial charge on any atom is 0.490 e. The number of aliphatic carboxylic acids is 1. The van der Waals surface area contributed by atoms with E-state index in [1.165, 1.54) is 17.0 Å². The lowest BCUT2D eigenvalue weighted by atomic mass is 10.0. The zero-order chi connectivity index (χ0) is 33.1. The number of benzene rings is 2. The number of rotatable bonds is 4. The number of carbonyl (C=O) groups excluding carboxylic acids is 2. The van der Waals surface area contributed by atoms with Gasteiger partial charge in [-0.15, -0.1) is 0 Å². The van der Waals surface area contributed by atoms with Gasteiger partial charge in [0.2, 0.25) is 5.91 Å². The van der Waals surface area contributed by atoms with Gasteiger partial charge >= 0.3 is 18.3 Å². The molecular weight excluding hydrogens is 619 g/mol. The van der Waals surface area contributed by atoms with Gasteiger partial charge < -0.3 is 14.9 Å². The number of carboxylic acid groups (broad SMARTS) is 1. The molecule has 9 nitrogen and oxygen atoms in total. The van der Waals surface area contributed by atoms with Crippen LogP contribution >= 0.6 is 0 Å². The van der Waals surface area contributed by atoms with E-state index in [1.54, 1.807) is 5.10 Å². The number of hydrogen-bond acceptors (Lipinski definition) is 5. The smallest absolute Gasteiger partial charge is 0.475 e. The van der Waals surface area contributed by atoms with Crippen LogP contribution in [0.15, 0.2) is 41.2 Å². The van der Waals surface area contributed by atoms with Crippen LogP contribution in [-0.4, -0.2) is 63.8 Å². The van der Waals surface area contributed by atoms with E-state index < -0.39 is 76.4 Å². The van der Waals surface area contributed by atoms with E-state index in [1.807, 2.05) is 0 Å². The Labute approximate surface area is 240 Å². The number of carbonyl (C=O) groups is 3. The van der Waals surface area contributed by atoms with Gasteiger partial charge in [-0.25, -0.2) is 23.1 Å². The van der Waals surface area contributed by atoms with Gasteiger partial charge in [0.25, 0.3) is 11.5 Å². The molecule has 1 saturated heterocycles. The number of H-pyrrole nitrogens is 1. The summed E-state index contributed by atoms with van der Waals surface area (Å²) in [6.45, 7) is 0.533. The second-order valence-electron chi connectivity index (χ2n) is 9.16. The number of nitrogens with one attached hydrogen (secondary N) is 1. The summed E-state index contributed by atoms with van der Waals surface area (Å²) in [5.41, 5.74) is -3.37. The van der Waals surface area contributed by atoms with Crippen LogP contribution in [0.2, 0.25) is 0 Å². The third-order valence-electron chi connectivity index (χ3n) is 6.21. The highest BCUT2D eigenvalue weighted by Crippen LogP contribution is 2.30. The van der Waals surface area contributed by atoms with Crippen LogP contribution in [0, 0.1) is 24.4 Å². The van der Waals surface area contributed by atoms with E-state index in [0.29, 0.717) is 0 Å². The van der Waals surface area contributed by atoms with Crippen LogP contribution in [-0.2, 0) is 22.2 Å². The van der Waals surface area contributed by atoms with Crippen molar-refractivity contribution in [2.45, 2.75) is 25.7 Å². The first-order valence-electron chi connectivity index (χ1n) is 12.1. The van der Waals surface area contributed by atoms with Crippen LogP contribution < -0.4 is 10.5 Å². The average Bonchev–Trinajstić information content (AvgIpc) is 2.91. The summed E-state index contributed by atoms with van der Waals surface area (Å²) >= 11 is 0. The highest BCUT2D eigenvalue weighted by atomic mass is 19.4. The van der Waals surface area contributed by atoms with Crippen molar-refractivity contribution in [3.05, 3.63) is 92.2 Å². The van der Waals surface area contributed by atoms with E-state index in [0.717, 1.165) is 36.1 Å². The first-order chi connectivity index (χ1) is 20.3. The summed E-state index contributed by atoms with van der Waals surface area (Å²) < 4.78 is 113. The molecule has 2 heterocycles. The largest absolute Gasteiger partial charge is 0.490 e. The molecule has 0 saturated carbocycles. The summed E-state index contributed by atoms with van der Waals surface area (Å²) in [5, 5.41) is 12.6. The Hall–Kier alpha value is -4.90. The quantitative estimate of drug-likeness (QED) is 0.413. The zero-order valence-electron chi connectivity index (χ0n) is 22.1. The lowest BCUT2D eigenvalue weighted by molar-refractivity contribution is -0.192. The fourth-order valence-corrected chi connectivity index (χ4v) is 4.07. The molecule has 0 aliphatic carbocycles. The number of aromatic nitrogens is 2. The number of aromatic amines is 1. The second-order valence-corrected chi connectivity index (χ2v) is 9.16. The molecule has 2 aromatic carbocycles. The highest BCUT2D eigenvalue weighted by molar-refractivity contribution is 6.01. The maximum absolute atomic E-state index is 14.6. The van der Waals surface area contributed by atoms with Crippen LogP contribution in [0.3, 0.4) is 0 Å². The Kier molecular flexibility index (Phi) is 9.75. The maximum atomic E-state index is 14.6. The summed E-state index contributed by atoms with van der Waals surface area (Å²) in [5.74, 6) is -7.33. The second kappa shape index (κ2) is 12.8. The third-order valence-corrected chi connectivity index (χ3v) is 6.21. The lowest BCUT2D eigenvalue weighted by Crippen LogP contribution is -2.52. The Morgan fingerprint density at radius 3 is 2.09 bits per heavy atom. The molecule has 0 radical (unpaired) electrons. The normalized spacial score (nSPS) is 13.8. The molecule has 1 fully saturated rings. The molecule has 2 N–H and O–H groups in total. The molecule has 3 aromatic rings. The summed E-state index contributed by atoms with van der Waals surface area (Å²) in [6.07, 6.45) is -10.2. The Morgan fingerprint density at radius 1 is 0.932 bits per heavy atom. The van der Waals surface area contributed by atoms with Crippen molar-refractivity contribution in [3.63, 3.8) is 0 Å². The van der Waals surface area contributed by atoms with E-state index in [4.69, 9.17) is 9.90 Å². The molecule has 18 heteroatoms. The zero-order valence-corrected chi connectivity index (χ0v) is 22.1. The van der Waals surface area contributed by atoms with Gasteiger partial charge in [-0.3, -0.25) is 14.4 Å². The number of piperazine rings is 1. The third kappa shape index (κ3) is 7.73. The molecule has 2 amide bonds. The van der Waals surface area contributed by atoms with Crippen molar-refractivity contribution in [3.8, 4) is 0 Å². The molecule has 1 aromatic heterocycles. The van der Waals surface area contributed by atoms with Gasteiger partial charge in [0.05, 0.1) is 11.3 Å². The SMILES string of the molecule is Cc1c(Cc2ccc(F)c(C(=O)N3CCN(c4ccc(F)c(F)c4)C(=O)C3)c2)n[nH]c(=O)c1C(F)(F)F.O=C(O)C(F)(F)F. The van der Waals surface area contributed by atoms with Gasteiger partial charge in [-0.2, -0.15) is 31.4 Å². The van der Waals surface area contributed by atoms with Crippen molar-refractivity contribution in [1.82, 2.24) is 15.1 Å². The Balaban J connectivity index is 0.000000676. The monoisotopic (exact) mass is 638 g/mol. The van der Waals surface area contributed by atoms with Crippen molar-refractivity contribution in [2.24, 2.45) is 0 Å². The van der Waals surface area contributed by atoms with Crippen LogP contribution in [0.4, 0.5) is 45.2 Å². The van der Waals surface area contributed by atoms with E-state index >= 15 is 0 Å². The molecule has 0 atom stereocenters. The average molecular weight is 638 g/mol. The van der Waals surface area contributed by atoms with Crippen molar-refractivity contribution in [2.75, 3.05) is 24.5 Å². The minimum Gasteiger partial charge on any atom is -0.475 e. The Morgan fingerprint density at radius 2 is 1.55 bits per heavy atom. The molecule has 44 heavy (non-hydrogen) atoms. The Bertz CT molecular complexity index is 1650. The molecule has 0 spiro atoms. The predicted molar refractivity (Wildman–Crippen MR) is 132 cm³/mol. The predicted octanol–water partition coefficient (Wildman–Crippen LogP) is 4.23. The molecular formula is C26H19F9N4O5. The number of nitrogens with zero attached hydrogens (tertiary/aromatic N) is 3. The fourth-order valence-electron chi connectivity index (χ4n) is 4.07. The summed E-state index contributed by atoms with van der Waals surface area (Å²) in [7, 11) is 0. The summed E-state index contributed by atoms with van der Waals surface area (Å²) in [6, 6.07) is 6.31. The van der Waals surface area contributed by atoms with E-state index in [-0.39, 0.29) is 36.5 Å². The first-order valence-corrected chi connectivity index (χ1v) is 12.1. The number of amides is 2. The molecule has 0 bridgehead atoms. The van der Waals surface area contributed by atoms with Crippen LogP contribution in [0.25, 0.3) is 0 Å². The van der Waals surface area contributed by atoms with Crippen LogP contribution in [0.5, 0.6) is 0 Å². The standard InChI is InChI=1S/C24H18F6N4O3.C2HF3O2/c1-12-19(31-32-22(36)21(12)24(28,29)30)9-13-2-4-16(25)15(8-13)23(37)33-6-7-34(20(35)11-33)14-3-5-17(26)18(27)10-14;3-2(4,5)1(6)7/h2-5,8,10H,6-7,9,11H2,1H3,(H,32,36);(H,6,7). The van der Waals surface area contributed by atoms with Gasteiger partial charge in [0.15, 0.2) is 11.6 Å². The van der Waals surface area contributed by atoms with E-state index in [9.17, 15) is 53.9 Å². The van der Waals surface area contributed by atoms with Gasteiger partial charge in [-0.1, -0.05) is 6.07 Å². The van der Waals surface area contributed by atoms with Crippen molar-refractivity contribution >= 4 is 23.5 Å². The highest BCUT2D eigenvalue weighted by Gasteiger charge is 2.38. The lowest BCUT2D eigenvalue weighted by Gasteiger charge is -2.34. The van der Waals surface area contributed by atoms with Gasteiger partial charge in [-0.05, 0) is 42.3 Å². The number of carboxylic acids is 1. The first kappa shape index (κ1) is 33.6. The van der Waals surface area contributed by atoms with Crippen molar-refractivity contribution in [1.29, 1.82) is 0 Å². The molecule has 4 rings (SSSR count). The molecule has 0 unspecified atom stereocenters. The summed E-state index contributed by atoms with van der Waals surface area (Å²) in [4.78, 5) is 48.4. The number of alkyl halides is 6. The number of hydrogen-bond donors (Lipinski definition) is 2. The minimum atomic E-state index is -5.08. The molecule has 1 aliphatic rings.